The number of nitrogens with zero attached hydrogens (tertiary/aromatic N) is 1. The lowest BCUT2D eigenvalue weighted by molar-refractivity contribution is -0.132. The van der Waals surface area contributed by atoms with E-state index in [0.29, 0.717) is 12.5 Å². The van der Waals surface area contributed by atoms with Crippen LogP contribution >= 0.6 is 0 Å². The van der Waals surface area contributed by atoms with Crippen LogP contribution in [0.3, 0.4) is 0 Å². The SMILES string of the molecule is CC(=O)N1CC[C@]2(C(=O)Nc3cccc4c3CCC4)C[C@H]2C1. The summed E-state index contributed by atoms with van der Waals surface area (Å²) in [6.45, 7) is 3.07. The molecule has 1 aromatic rings. The maximum atomic E-state index is 12.8. The Hall–Kier alpha value is -1.84. The molecule has 1 heterocycles. The number of fused-ring (bicyclic) bond motifs is 2. The molecule has 0 spiro atoms. The van der Waals surface area contributed by atoms with Crippen LogP contribution in [-0.4, -0.2) is 29.8 Å². The number of likely N-dealkylation sites (tertiary alicyclic amines) is 1. The molecule has 2 amide bonds. The minimum absolute atomic E-state index is 0.127. The third-order valence-corrected chi connectivity index (χ3v) is 5.79. The number of carbonyl (C=O) groups is 2. The predicted octanol–water partition coefficient (Wildman–Crippen LogP) is 2.37. The largest absolute Gasteiger partial charge is 0.343 e. The van der Waals surface area contributed by atoms with Crippen molar-refractivity contribution in [1.29, 1.82) is 0 Å². The van der Waals surface area contributed by atoms with Gasteiger partial charge in [-0.3, -0.25) is 9.59 Å². The fourth-order valence-electron chi connectivity index (χ4n) is 4.28. The van der Waals surface area contributed by atoms with Gasteiger partial charge >= 0.3 is 0 Å². The molecule has 116 valence electrons. The molecule has 2 aliphatic carbocycles. The lowest BCUT2D eigenvalue weighted by Crippen LogP contribution is -2.41. The predicted molar refractivity (Wildman–Crippen MR) is 84.5 cm³/mol. The Morgan fingerprint density at radius 1 is 1.32 bits per heavy atom. The van der Waals surface area contributed by atoms with Gasteiger partial charge in [0.25, 0.3) is 0 Å². The van der Waals surface area contributed by atoms with Gasteiger partial charge in [-0.25, -0.2) is 0 Å². The van der Waals surface area contributed by atoms with E-state index in [2.05, 4.69) is 11.4 Å². The van der Waals surface area contributed by atoms with Crippen molar-refractivity contribution in [2.75, 3.05) is 18.4 Å². The van der Waals surface area contributed by atoms with Crippen LogP contribution < -0.4 is 5.32 Å². The van der Waals surface area contributed by atoms with E-state index in [4.69, 9.17) is 0 Å². The van der Waals surface area contributed by atoms with E-state index in [-0.39, 0.29) is 17.2 Å². The average molecular weight is 298 g/mol. The summed E-state index contributed by atoms with van der Waals surface area (Å²) in [7, 11) is 0. The first kappa shape index (κ1) is 13.8. The van der Waals surface area contributed by atoms with Crippen LogP contribution in [0.2, 0.25) is 0 Å². The van der Waals surface area contributed by atoms with Crippen molar-refractivity contribution >= 4 is 17.5 Å². The van der Waals surface area contributed by atoms with Gasteiger partial charge in [0.2, 0.25) is 11.8 Å². The molecule has 22 heavy (non-hydrogen) atoms. The lowest BCUT2D eigenvalue weighted by Gasteiger charge is -2.30. The molecule has 0 bridgehead atoms. The summed E-state index contributed by atoms with van der Waals surface area (Å²) in [4.78, 5) is 26.2. The number of hydrogen-bond donors (Lipinski definition) is 1. The first-order valence-electron chi connectivity index (χ1n) is 8.28. The van der Waals surface area contributed by atoms with Gasteiger partial charge in [0.1, 0.15) is 0 Å². The summed E-state index contributed by atoms with van der Waals surface area (Å²) in [6, 6.07) is 6.24. The Bertz CT molecular complexity index is 654. The van der Waals surface area contributed by atoms with Crippen molar-refractivity contribution in [2.45, 2.75) is 39.0 Å². The molecule has 0 radical (unpaired) electrons. The first-order chi connectivity index (χ1) is 10.6. The number of carbonyl (C=O) groups excluding carboxylic acids is 2. The Morgan fingerprint density at radius 3 is 2.95 bits per heavy atom. The van der Waals surface area contributed by atoms with Crippen molar-refractivity contribution < 1.29 is 9.59 Å². The van der Waals surface area contributed by atoms with Crippen LogP contribution in [-0.2, 0) is 22.4 Å². The number of amides is 2. The molecule has 1 N–H and O–H groups in total. The smallest absolute Gasteiger partial charge is 0.231 e. The Kier molecular flexibility index (Phi) is 3.03. The maximum absolute atomic E-state index is 12.8. The van der Waals surface area contributed by atoms with E-state index in [0.717, 1.165) is 37.9 Å². The number of anilines is 1. The zero-order chi connectivity index (χ0) is 15.3. The fraction of sp³-hybridized carbons (Fsp3) is 0.556. The van der Waals surface area contributed by atoms with E-state index in [1.54, 1.807) is 6.92 Å². The van der Waals surface area contributed by atoms with E-state index < -0.39 is 0 Å². The average Bonchev–Trinajstić information content (AvgIpc) is 3.06. The van der Waals surface area contributed by atoms with Crippen LogP contribution in [0, 0.1) is 11.3 Å². The lowest BCUT2D eigenvalue weighted by atomic mass is 9.93. The molecular formula is C18H22N2O2. The number of aryl methyl sites for hydroxylation is 1. The molecule has 2 atom stereocenters. The summed E-state index contributed by atoms with van der Waals surface area (Å²) in [5.41, 5.74) is 3.50. The highest BCUT2D eigenvalue weighted by atomic mass is 16.2. The number of hydrogen-bond acceptors (Lipinski definition) is 2. The summed E-state index contributed by atoms with van der Waals surface area (Å²) < 4.78 is 0. The summed E-state index contributed by atoms with van der Waals surface area (Å²) in [6.07, 6.45) is 5.11. The molecule has 4 nitrogen and oxygen atoms in total. The molecule has 0 unspecified atom stereocenters. The van der Waals surface area contributed by atoms with Gasteiger partial charge in [-0.05, 0) is 55.2 Å². The summed E-state index contributed by atoms with van der Waals surface area (Å²) >= 11 is 0. The third kappa shape index (κ3) is 2.04. The second-order valence-electron chi connectivity index (χ2n) is 7.02. The van der Waals surface area contributed by atoms with Gasteiger partial charge in [-0.1, -0.05) is 12.1 Å². The zero-order valence-electron chi connectivity index (χ0n) is 13.0. The van der Waals surface area contributed by atoms with Crippen LogP contribution in [0.5, 0.6) is 0 Å². The molecular weight excluding hydrogens is 276 g/mol. The topological polar surface area (TPSA) is 49.4 Å². The quantitative estimate of drug-likeness (QED) is 0.911. The van der Waals surface area contributed by atoms with Crippen LogP contribution in [0.4, 0.5) is 5.69 Å². The van der Waals surface area contributed by atoms with Gasteiger partial charge in [0, 0.05) is 25.7 Å². The van der Waals surface area contributed by atoms with Gasteiger partial charge in [0.15, 0.2) is 0 Å². The Morgan fingerprint density at radius 2 is 2.18 bits per heavy atom. The van der Waals surface area contributed by atoms with E-state index in [9.17, 15) is 9.59 Å². The third-order valence-electron chi connectivity index (χ3n) is 5.79. The van der Waals surface area contributed by atoms with E-state index >= 15 is 0 Å². The molecule has 1 saturated heterocycles. The molecule has 3 aliphatic rings. The summed E-state index contributed by atoms with van der Waals surface area (Å²) in [5, 5.41) is 3.20. The Labute approximate surface area is 130 Å². The Balaban J connectivity index is 1.49. The van der Waals surface area contributed by atoms with Crippen molar-refractivity contribution in [3.05, 3.63) is 29.3 Å². The molecule has 1 aliphatic heterocycles. The number of piperidine rings is 1. The van der Waals surface area contributed by atoms with Gasteiger partial charge < -0.3 is 10.2 Å². The molecule has 1 saturated carbocycles. The zero-order valence-corrected chi connectivity index (χ0v) is 13.0. The van der Waals surface area contributed by atoms with Crippen molar-refractivity contribution in [3.63, 3.8) is 0 Å². The van der Waals surface area contributed by atoms with Gasteiger partial charge in [-0.15, -0.1) is 0 Å². The molecule has 2 fully saturated rings. The van der Waals surface area contributed by atoms with Crippen LogP contribution in [0.1, 0.15) is 37.3 Å². The minimum atomic E-state index is -0.215. The summed E-state index contributed by atoms with van der Waals surface area (Å²) in [5.74, 6) is 0.643. The van der Waals surface area contributed by atoms with E-state index in [1.165, 1.54) is 17.5 Å². The minimum Gasteiger partial charge on any atom is -0.343 e. The second-order valence-corrected chi connectivity index (χ2v) is 7.02. The molecule has 4 rings (SSSR count). The normalized spacial score (nSPS) is 28.8. The van der Waals surface area contributed by atoms with Crippen LogP contribution in [0.25, 0.3) is 0 Å². The monoisotopic (exact) mass is 298 g/mol. The second kappa shape index (κ2) is 4.83. The van der Waals surface area contributed by atoms with Crippen LogP contribution in [0.15, 0.2) is 18.2 Å². The van der Waals surface area contributed by atoms with Crippen molar-refractivity contribution in [3.8, 4) is 0 Å². The maximum Gasteiger partial charge on any atom is 0.231 e. The highest BCUT2D eigenvalue weighted by Gasteiger charge is 2.62. The fourth-order valence-corrected chi connectivity index (χ4v) is 4.28. The standard InChI is InChI=1S/C18H22N2O2/c1-12(21)20-9-8-18(10-14(18)11-20)17(22)19-16-7-3-5-13-4-2-6-15(13)16/h3,5,7,14H,2,4,6,8-11H2,1H3,(H,19,22)/t14-,18-/m0/s1. The van der Waals surface area contributed by atoms with Crippen molar-refractivity contribution in [1.82, 2.24) is 4.90 Å². The highest BCUT2D eigenvalue weighted by molar-refractivity contribution is 5.98. The number of rotatable bonds is 2. The molecule has 0 aromatic heterocycles. The first-order valence-corrected chi connectivity index (χ1v) is 8.28. The number of nitrogens with one attached hydrogen (secondary N) is 1. The van der Waals surface area contributed by atoms with Crippen molar-refractivity contribution in [2.24, 2.45) is 11.3 Å². The molecule has 1 aromatic carbocycles. The van der Waals surface area contributed by atoms with Gasteiger partial charge in [-0.2, -0.15) is 0 Å². The van der Waals surface area contributed by atoms with E-state index in [1.807, 2.05) is 17.0 Å². The van der Waals surface area contributed by atoms with Gasteiger partial charge in [0.05, 0.1) is 5.41 Å². The number of benzene rings is 1. The molecule has 4 heteroatoms. The highest BCUT2D eigenvalue weighted by Crippen LogP contribution is 2.58.